The molecule has 1 heterocycles. The Morgan fingerprint density at radius 2 is 2.18 bits per heavy atom. The van der Waals surface area contributed by atoms with Crippen LogP contribution >= 0.6 is 0 Å². The molecule has 3 heteroatoms. The lowest BCUT2D eigenvalue weighted by atomic mass is 9.94. The van der Waals surface area contributed by atoms with Gasteiger partial charge in [0.05, 0.1) is 5.92 Å². The first-order valence-corrected chi connectivity index (χ1v) is 4.04. The van der Waals surface area contributed by atoms with Gasteiger partial charge in [-0.15, -0.1) is 0 Å². The lowest BCUT2D eigenvalue weighted by molar-refractivity contribution is -0.143. The summed E-state index contributed by atoms with van der Waals surface area (Å²) in [7, 11) is 1.99. The number of hydrogen-bond acceptors (Lipinski definition) is 2. The average molecular weight is 157 g/mol. The van der Waals surface area contributed by atoms with Crippen LogP contribution in [0.1, 0.15) is 19.8 Å². The van der Waals surface area contributed by atoms with Crippen molar-refractivity contribution in [2.45, 2.75) is 25.8 Å². The number of carboxylic acids is 1. The third kappa shape index (κ3) is 1.93. The molecule has 2 atom stereocenters. The van der Waals surface area contributed by atoms with Crippen LogP contribution in [0.4, 0.5) is 0 Å². The van der Waals surface area contributed by atoms with Crippen molar-refractivity contribution in [1.82, 2.24) is 4.90 Å². The van der Waals surface area contributed by atoms with E-state index in [9.17, 15) is 4.79 Å². The van der Waals surface area contributed by atoms with Gasteiger partial charge in [0.1, 0.15) is 0 Å². The Labute approximate surface area is 67.0 Å². The summed E-state index contributed by atoms with van der Waals surface area (Å²) in [4.78, 5) is 12.7. The van der Waals surface area contributed by atoms with Gasteiger partial charge in [-0.2, -0.15) is 0 Å². The third-order valence-electron chi connectivity index (χ3n) is 2.54. The summed E-state index contributed by atoms with van der Waals surface area (Å²) in [5.41, 5.74) is 0. The van der Waals surface area contributed by atoms with Crippen molar-refractivity contribution in [3.63, 3.8) is 0 Å². The molecule has 2 unspecified atom stereocenters. The molecule has 0 aromatic rings. The number of carbonyl (C=O) groups is 1. The maximum atomic E-state index is 10.6. The number of nitrogens with zero attached hydrogens (tertiary/aromatic N) is 1. The summed E-state index contributed by atoms with van der Waals surface area (Å²) in [6.07, 6.45) is 1.84. The highest BCUT2D eigenvalue weighted by atomic mass is 16.4. The van der Waals surface area contributed by atoms with Gasteiger partial charge in [-0.3, -0.25) is 4.79 Å². The summed E-state index contributed by atoms with van der Waals surface area (Å²) < 4.78 is 0. The van der Waals surface area contributed by atoms with Crippen molar-refractivity contribution in [3.05, 3.63) is 0 Å². The number of likely N-dealkylation sites (tertiary alicyclic amines) is 1. The van der Waals surface area contributed by atoms with Gasteiger partial charge >= 0.3 is 5.97 Å². The Bertz CT molecular complexity index is 158. The van der Waals surface area contributed by atoms with Gasteiger partial charge < -0.3 is 10.0 Å². The second-order valence-electron chi connectivity index (χ2n) is 3.40. The maximum Gasteiger partial charge on any atom is 0.307 e. The number of carboxylic acid groups (broad SMARTS) is 1. The molecule has 0 radical (unpaired) electrons. The molecule has 64 valence electrons. The van der Waals surface area contributed by atoms with Crippen molar-refractivity contribution in [2.75, 3.05) is 13.6 Å². The van der Waals surface area contributed by atoms with E-state index in [0.717, 1.165) is 12.8 Å². The molecule has 0 aliphatic carbocycles. The fraction of sp³-hybridized carbons (Fsp3) is 0.875. The zero-order chi connectivity index (χ0) is 8.43. The molecular formula is C8H15NO2. The molecule has 11 heavy (non-hydrogen) atoms. The van der Waals surface area contributed by atoms with Crippen molar-refractivity contribution >= 4 is 5.97 Å². The molecule has 1 N–H and O–H groups in total. The van der Waals surface area contributed by atoms with Gasteiger partial charge in [0.2, 0.25) is 0 Å². The van der Waals surface area contributed by atoms with E-state index in [1.807, 2.05) is 7.05 Å². The summed E-state index contributed by atoms with van der Waals surface area (Å²) in [5.74, 6) is -0.792. The van der Waals surface area contributed by atoms with Crippen LogP contribution in [0.15, 0.2) is 0 Å². The van der Waals surface area contributed by atoms with Gasteiger partial charge in [-0.05, 0) is 26.8 Å². The van der Waals surface area contributed by atoms with Gasteiger partial charge in [-0.1, -0.05) is 0 Å². The molecule has 0 aromatic heterocycles. The van der Waals surface area contributed by atoms with E-state index in [-0.39, 0.29) is 5.92 Å². The van der Waals surface area contributed by atoms with Crippen LogP contribution in [0.5, 0.6) is 0 Å². The predicted octanol–water partition coefficient (Wildman–Crippen LogP) is 0.801. The molecule has 3 nitrogen and oxygen atoms in total. The summed E-state index contributed by atoms with van der Waals surface area (Å²) in [6, 6.07) is 0.547. The van der Waals surface area contributed by atoms with Crippen molar-refractivity contribution in [2.24, 2.45) is 5.92 Å². The first-order valence-electron chi connectivity index (χ1n) is 4.04. The van der Waals surface area contributed by atoms with Gasteiger partial charge in [0, 0.05) is 12.6 Å². The van der Waals surface area contributed by atoms with E-state index in [1.54, 1.807) is 0 Å². The van der Waals surface area contributed by atoms with E-state index >= 15 is 0 Å². The highest BCUT2D eigenvalue weighted by molar-refractivity contribution is 5.70. The van der Waals surface area contributed by atoms with Gasteiger partial charge in [-0.25, -0.2) is 0 Å². The first-order chi connectivity index (χ1) is 5.11. The van der Waals surface area contributed by atoms with E-state index in [1.165, 1.54) is 0 Å². The highest BCUT2D eigenvalue weighted by Crippen LogP contribution is 2.19. The molecule has 0 amide bonds. The van der Waals surface area contributed by atoms with Crippen LogP contribution in [0.2, 0.25) is 0 Å². The normalized spacial score (nSPS) is 33.6. The second kappa shape index (κ2) is 3.22. The second-order valence-corrected chi connectivity index (χ2v) is 3.40. The number of rotatable bonds is 1. The molecule has 0 spiro atoms. The quantitative estimate of drug-likeness (QED) is 0.612. The molecule has 1 aliphatic rings. The monoisotopic (exact) mass is 157 g/mol. The summed E-state index contributed by atoms with van der Waals surface area (Å²) >= 11 is 0. The molecule has 0 aromatic carbocycles. The largest absolute Gasteiger partial charge is 0.481 e. The lowest BCUT2D eigenvalue weighted by Crippen LogP contribution is -2.41. The van der Waals surface area contributed by atoms with Crippen molar-refractivity contribution in [3.8, 4) is 0 Å². The van der Waals surface area contributed by atoms with Gasteiger partial charge in [0.25, 0.3) is 0 Å². The lowest BCUT2D eigenvalue weighted by Gasteiger charge is -2.33. The summed E-state index contributed by atoms with van der Waals surface area (Å²) in [5, 5.41) is 8.72. The van der Waals surface area contributed by atoms with E-state index < -0.39 is 5.97 Å². The third-order valence-corrected chi connectivity index (χ3v) is 2.54. The molecule has 0 saturated carbocycles. The number of piperidine rings is 1. The van der Waals surface area contributed by atoms with Crippen LogP contribution < -0.4 is 0 Å². The zero-order valence-electron chi connectivity index (χ0n) is 7.08. The van der Waals surface area contributed by atoms with E-state index in [2.05, 4.69) is 11.8 Å². The minimum absolute atomic E-state index is 0.142. The van der Waals surface area contributed by atoms with E-state index in [4.69, 9.17) is 5.11 Å². The maximum absolute atomic E-state index is 10.6. The minimum Gasteiger partial charge on any atom is -0.481 e. The topological polar surface area (TPSA) is 40.5 Å². The smallest absolute Gasteiger partial charge is 0.307 e. The summed E-state index contributed by atoms with van der Waals surface area (Å²) in [6.45, 7) is 2.84. The number of aliphatic carboxylic acids is 1. The Balaban J connectivity index is 2.46. The Hall–Kier alpha value is -0.570. The Kier molecular flexibility index (Phi) is 2.49. The molecule has 1 saturated heterocycles. The molecule has 1 rings (SSSR count). The molecule has 1 aliphatic heterocycles. The zero-order valence-corrected chi connectivity index (χ0v) is 7.08. The molecular weight excluding hydrogens is 142 g/mol. The van der Waals surface area contributed by atoms with Crippen LogP contribution in [0, 0.1) is 5.92 Å². The van der Waals surface area contributed by atoms with Crippen molar-refractivity contribution in [1.29, 1.82) is 0 Å². The van der Waals surface area contributed by atoms with Crippen LogP contribution in [0.3, 0.4) is 0 Å². The first kappa shape index (κ1) is 8.53. The predicted molar refractivity (Wildman–Crippen MR) is 42.5 cm³/mol. The fourth-order valence-electron chi connectivity index (χ4n) is 1.48. The minimum atomic E-state index is -0.649. The molecule has 0 bridgehead atoms. The number of hydrogen-bond donors (Lipinski definition) is 1. The van der Waals surface area contributed by atoms with E-state index in [0.29, 0.717) is 12.6 Å². The molecule has 1 fully saturated rings. The van der Waals surface area contributed by atoms with Crippen molar-refractivity contribution < 1.29 is 9.90 Å². The van der Waals surface area contributed by atoms with Crippen LogP contribution in [-0.4, -0.2) is 35.6 Å². The van der Waals surface area contributed by atoms with Gasteiger partial charge in [0.15, 0.2) is 0 Å². The standard InChI is InChI=1S/C8H15NO2/c1-6-3-4-7(8(10)11)5-9(6)2/h6-7H,3-5H2,1-2H3,(H,10,11). The van der Waals surface area contributed by atoms with Crippen LogP contribution in [0.25, 0.3) is 0 Å². The fourth-order valence-corrected chi connectivity index (χ4v) is 1.48. The Morgan fingerprint density at radius 3 is 2.64 bits per heavy atom. The average Bonchev–Trinajstić information content (AvgIpc) is 1.94. The van der Waals surface area contributed by atoms with Crippen LogP contribution in [-0.2, 0) is 4.79 Å². The SMILES string of the molecule is CC1CCC(C(=O)O)CN1C. The Morgan fingerprint density at radius 1 is 1.55 bits per heavy atom. The highest BCUT2D eigenvalue weighted by Gasteiger charge is 2.26.